The molecule has 0 saturated heterocycles. The molecular formula is C9H8BrClFN. The standard InChI is InChI=1S/C9H8BrClFN/c10-3-1-2-6-4-7(11)5-8(12)9(6)13/h1-2,4-5H,3,13H2. The molecule has 70 valence electrons. The van der Waals surface area contributed by atoms with Gasteiger partial charge in [0.2, 0.25) is 0 Å². The topological polar surface area (TPSA) is 26.0 Å². The summed E-state index contributed by atoms with van der Waals surface area (Å²) in [6.45, 7) is 0. The van der Waals surface area contributed by atoms with E-state index in [1.807, 2.05) is 6.08 Å². The molecule has 0 bridgehead atoms. The first-order chi connectivity index (χ1) is 6.15. The molecule has 0 fully saturated rings. The van der Waals surface area contributed by atoms with E-state index in [4.69, 9.17) is 17.3 Å². The van der Waals surface area contributed by atoms with Crippen LogP contribution < -0.4 is 5.73 Å². The molecule has 0 aliphatic rings. The number of hydrogen-bond donors (Lipinski definition) is 1. The molecule has 4 heteroatoms. The summed E-state index contributed by atoms with van der Waals surface area (Å²) in [7, 11) is 0. The van der Waals surface area contributed by atoms with Crippen LogP contribution in [0.1, 0.15) is 5.56 Å². The van der Waals surface area contributed by atoms with Crippen molar-refractivity contribution in [1.82, 2.24) is 0 Å². The number of nitrogen functional groups attached to an aromatic ring is 1. The van der Waals surface area contributed by atoms with Crippen LogP contribution in [0, 0.1) is 5.82 Å². The van der Waals surface area contributed by atoms with E-state index in [1.165, 1.54) is 6.07 Å². The van der Waals surface area contributed by atoms with E-state index < -0.39 is 5.82 Å². The fourth-order valence-corrected chi connectivity index (χ4v) is 1.31. The summed E-state index contributed by atoms with van der Waals surface area (Å²) in [5, 5.41) is 1.04. The maximum absolute atomic E-state index is 13.0. The van der Waals surface area contributed by atoms with Gasteiger partial charge in [0, 0.05) is 15.9 Å². The summed E-state index contributed by atoms with van der Waals surface area (Å²) in [5.41, 5.74) is 6.22. The van der Waals surface area contributed by atoms with E-state index in [0.29, 0.717) is 15.9 Å². The van der Waals surface area contributed by atoms with Crippen LogP contribution in [0.3, 0.4) is 0 Å². The first-order valence-corrected chi connectivity index (χ1v) is 5.12. The van der Waals surface area contributed by atoms with Crippen molar-refractivity contribution in [2.45, 2.75) is 0 Å². The summed E-state index contributed by atoms with van der Waals surface area (Å²) in [6, 6.07) is 2.82. The lowest BCUT2D eigenvalue weighted by Crippen LogP contribution is -1.94. The predicted octanol–water partition coefficient (Wildman–Crippen LogP) is 3.47. The van der Waals surface area contributed by atoms with E-state index >= 15 is 0 Å². The number of rotatable bonds is 2. The Morgan fingerprint density at radius 3 is 2.85 bits per heavy atom. The zero-order valence-corrected chi connectivity index (χ0v) is 9.07. The van der Waals surface area contributed by atoms with Gasteiger partial charge in [-0.2, -0.15) is 0 Å². The Morgan fingerprint density at radius 1 is 1.54 bits per heavy atom. The third-order valence-corrected chi connectivity index (χ3v) is 2.10. The molecule has 0 unspecified atom stereocenters. The average molecular weight is 265 g/mol. The third kappa shape index (κ3) is 2.71. The monoisotopic (exact) mass is 263 g/mol. The summed E-state index contributed by atoms with van der Waals surface area (Å²) in [5.74, 6) is -0.485. The minimum absolute atomic E-state index is 0.126. The zero-order valence-electron chi connectivity index (χ0n) is 6.73. The molecule has 1 nitrogen and oxygen atoms in total. The van der Waals surface area contributed by atoms with Crippen LogP contribution in [0.5, 0.6) is 0 Å². The largest absolute Gasteiger partial charge is 0.396 e. The van der Waals surface area contributed by atoms with Gasteiger partial charge in [0.15, 0.2) is 0 Å². The number of allylic oxidation sites excluding steroid dienone is 1. The highest BCUT2D eigenvalue weighted by Gasteiger charge is 2.03. The Hall–Kier alpha value is -0.540. The first-order valence-electron chi connectivity index (χ1n) is 3.62. The minimum atomic E-state index is -0.485. The summed E-state index contributed by atoms with van der Waals surface area (Å²) < 4.78 is 13.0. The Balaban J connectivity index is 3.12. The second kappa shape index (κ2) is 4.63. The number of benzene rings is 1. The lowest BCUT2D eigenvalue weighted by molar-refractivity contribution is 0.632. The molecule has 0 radical (unpaired) electrons. The van der Waals surface area contributed by atoms with Gasteiger partial charge >= 0.3 is 0 Å². The van der Waals surface area contributed by atoms with Crippen LogP contribution in [0.15, 0.2) is 18.2 Å². The lowest BCUT2D eigenvalue weighted by atomic mass is 10.1. The average Bonchev–Trinajstić information content (AvgIpc) is 2.09. The first kappa shape index (κ1) is 10.5. The van der Waals surface area contributed by atoms with Gasteiger partial charge in [0.05, 0.1) is 5.69 Å². The molecule has 0 amide bonds. The van der Waals surface area contributed by atoms with E-state index in [0.717, 1.165) is 0 Å². The highest BCUT2D eigenvalue weighted by molar-refractivity contribution is 9.09. The third-order valence-electron chi connectivity index (χ3n) is 1.51. The van der Waals surface area contributed by atoms with Crippen LogP contribution in [-0.4, -0.2) is 5.33 Å². The van der Waals surface area contributed by atoms with Crippen molar-refractivity contribution in [2.24, 2.45) is 0 Å². The van der Waals surface area contributed by atoms with Gasteiger partial charge in [-0.05, 0) is 12.1 Å². The molecule has 0 heterocycles. The number of halogens is 3. The highest BCUT2D eigenvalue weighted by atomic mass is 79.9. The molecule has 1 aromatic carbocycles. The van der Waals surface area contributed by atoms with Crippen molar-refractivity contribution in [2.75, 3.05) is 11.1 Å². The molecule has 1 rings (SSSR count). The van der Waals surface area contributed by atoms with E-state index in [9.17, 15) is 4.39 Å². The van der Waals surface area contributed by atoms with Crippen molar-refractivity contribution in [3.63, 3.8) is 0 Å². The molecule has 0 aliphatic heterocycles. The number of anilines is 1. The molecule has 0 saturated carbocycles. The molecule has 0 atom stereocenters. The normalized spacial score (nSPS) is 11.0. The molecule has 0 aliphatic carbocycles. The van der Waals surface area contributed by atoms with Crippen molar-refractivity contribution in [1.29, 1.82) is 0 Å². The van der Waals surface area contributed by atoms with Gasteiger partial charge in [-0.1, -0.05) is 39.7 Å². The maximum atomic E-state index is 13.0. The van der Waals surface area contributed by atoms with Crippen molar-refractivity contribution in [3.05, 3.63) is 34.6 Å². The van der Waals surface area contributed by atoms with Crippen molar-refractivity contribution >= 4 is 39.3 Å². The molecule has 13 heavy (non-hydrogen) atoms. The minimum Gasteiger partial charge on any atom is -0.396 e. The Morgan fingerprint density at radius 2 is 2.23 bits per heavy atom. The molecule has 0 aromatic heterocycles. The summed E-state index contributed by atoms with van der Waals surface area (Å²) >= 11 is 8.87. The van der Waals surface area contributed by atoms with E-state index in [1.54, 1.807) is 12.1 Å². The van der Waals surface area contributed by atoms with Gasteiger partial charge in [0.25, 0.3) is 0 Å². The fraction of sp³-hybridized carbons (Fsp3) is 0.111. The van der Waals surface area contributed by atoms with Gasteiger partial charge < -0.3 is 5.73 Å². The molecular weight excluding hydrogens is 256 g/mol. The van der Waals surface area contributed by atoms with E-state index in [2.05, 4.69) is 15.9 Å². The van der Waals surface area contributed by atoms with Crippen LogP contribution >= 0.6 is 27.5 Å². The second-order valence-electron chi connectivity index (χ2n) is 2.45. The van der Waals surface area contributed by atoms with Gasteiger partial charge in [-0.25, -0.2) is 4.39 Å². The number of hydrogen-bond acceptors (Lipinski definition) is 1. The van der Waals surface area contributed by atoms with Gasteiger partial charge in [-0.3, -0.25) is 0 Å². The van der Waals surface area contributed by atoms with E-state index in [-0.39, 0.29) is 5.69 Å². The van der Waals surface area contributed by atoms with Crippen LogP contribution in [0.25, 0.3) is 6.08 Å². The number of alkyl halides is 1. The van der Waals surface area contributed by atoms with Crippen molar-refractivity contribution in [3.8, 4) is 0 Å². The predicted molar refractivity (Wildman–Crippen MR) is 58.7 cm³/mol. The lowest BCUT2D eigenvalue weighted by Gasteiger charge is -2.02. The zero-order chi connectivity index (χ0) is 9.84. The molecule has 1 aromatic rings. The van der Waals surface area contributed by atoms with Crippen LogP contribution in [0.4, 0.5) is 10.1 Å². The van der Waals surface area contributed by atoms with Crippen LogP contribution in [0.2, 0.25) is 5.02 Å². The second-order valence-corrected chi connectivity index (χ2v) is 3.53. The Bertz CT molecular complexity index is 339. The van der Waals surface area contributed by atoms with Crippen LogP contribution in [-0.2, 0) is 0 Å². The molecule has 0 spiro atoms. The molecule has 2 N–H and O–H groups in total. The van der Waals surface area contributed by atoms with Gasteiger partial charge in [-0.15, -0.1) is 0 Å². The smallest absolute Gasteiger partial charge is 0.148 e. The highest BCUT2D eigenvalue weighted by Crippen LogP contribution is 2.23. The van der Waals surface area contributed by atoms with Gasteiger partial charge in [0.1, 0.15) is 5.82 Å². The summed E-state index contributed by atoms with van der Waals surface area (Å²) in [4.78, 5) is 0. The summed E-state index contributed by atoms with van der Waals surface area (Å²) in [6.07, 6.45) is 3.54. The maximum Gasteiger partial charge on any atom is 0.148 e. The van der Waals surface area contributed by atoms with Crippen molar-refractivity contribution < 1.29 is 4.39 Å². The quantitative estimate of drug-likeness (QED) is 0.642. The Kier molecular flexibility index (Phi) is 3.75. The number of nitrogens with two attached hydrogens (primary N) is 1. The Labute approximate surface area is 89.5 Å². The fourth-order valence-electron chi connectivity index (χ4n) is 0.914. The SMILES string of the molecule is Nc1c(F)cc(Cl)cc1C=CCBr.